The molecule has 0 radical (unpaired) electrons. The monoisotopic (exact) mass is 214 g/mol. The Morgan fingerprint density at radius 2 is 2.31 bits per heavy atom. The Balaban J connectivity index is 2.23. The second-order valence-electron chi connectivity index (χ2n) is 4.61. The topological polar surface area (TPSA) is 47.3 Å². The predicted octanol–water partition coefficient (Wildman–Crippen LogP) is 1.42. The molecule has 2 aliphatic rings. The minimum absolute atomic E-state index is 0.0817. The van der Waals surface area contributed by atoms with Crippen LogP contribution in [-0.4, -0.2) is 24.3 Å². The first-order valence-corrected chi connectivity index (χ1v) is 5.72. The first-order valence-electron chi connectivity index (χ1n) is 5.72. The highest BCUT2D eigenvalue weighted by Crippen LogP contribution is 2.48. The average Bonchev–Trinajstić information content (AvgIpc) is 2.89. The van der Waals surface area contributed by atoms with E-state index in [9.17, 15) is 10.4 Å². The molecule has 2 aliphatic heterocycles. The van der Waals surface area contributed by atoms with Gasteiger partial charge in [0.1, 0.15) is 5.41 Å². The van der Waals surface area contributed by atoms with Crippen LogP contribution in [-0.2, 0) is 5.41 Å². The average molecular weight is 214 g/mol. The molecule has 2 atom stereocenters. The van der Waals surface area contributed by atoms with Crippen molar-refractivity contribution in [1.82, 2.24) is 0 Å². The van der Waals surface area contributed by atoms with Crippen LogP contribution < -0.4 is 4.90 Å². The lowest BCUT2D eigenvalue weighted by Crippen LogP contribution is -2.42. The molecule has 3 rings (SSSR count). The summed E-state index contributed by atoms with van der Waals surface area (Å²) in [6, 6.07) is 10.5. The second kappa shape index (κ2) is 3.23. The highest BCUT2D eigenvalue weighted by molar-refractivity contribution is 5.67. The summed E-state index contributed by atoms with van der Waals surface area (Å²) < 4.78 is 0. The molecule has 1 aromatic rings. The van der Waals surface area contributed by atoms with Gasteiger partial charge in [-0.15, -0.1) is 0 Å². The van der Waals surface area contributed by atoms with E-state index in [-0.39, 0.29) is 12.6 Å². The van der Waals surface area contributed by atoms with Gasteiger partial charge in [0, 0.05) is 17.8 Å². The normalized spacial score (nSPS) is 31.0. The molecule has 0 spiro atoms. The Morgan fingerprint density at radius 3 is 3.06 bits per heavy atom. The Kier molecular flexibility index (Phi) is 1.95. The molecule has 0 bridgehead atoms. The first-order chi connectivity index (χ1) is 7.83. The number of rotatable bonds is 1. The molecular formula is C13H14N2O. The van der Waals surface area contributed by atoms with Crippen LogP contribution >= 0.6 is 0 Å². The number of benzene rings is 1. The number of aliphatic hydroxyl groups is 1. The van der Waals surface area contributed by atoms with E-state index in [1.807, 2.05) is 18.2 Å². The van der Waals surface area contributed by atoms with E-state index in [2.05, 4.69) is 17.0 Å². The van der Waals surface area contributed by atoms with Crippen LogP contribution in [0.1, 0.15) is 18.4 Å². The van der Waals surface area contributed by atoms with Gasteiger partial charge in [-0.1, -0.05) is 18.2 Å². The molecule has 0 aromatic heterocycles. The van der Waals surface area contributed by atoms with Crippen molar-refractivity contribution >= 4 is 5.69 Å². The van der Waals surface area contributed by atoms with Gasteiger partial charge in [0.05, 0.1) is 18.7 Å². The minimum atomic E-state index is -0.701. The van der Waals surface area contributed by atoms with E-state index in [1.165, 1.54) is 0 Å². The Hall–Kier alpha value is -1.53. The fourth-order valence-electron chi connectivity index (χ4n) is 3.21. The quantitative estimate of drug-likeness (QED) is 0.769. The van der Waals surface area contributed by atoms with Crippen LogP contribution in [0.3, 0.4) is 0 Å². The van der Waals surface area contributed by atoms with Crippen LogP contribution in [0.5, 0.6) is 0 Å². The van der Waals surface area contributed by atoms with Crippen molar-refractivity contribution in [3.8, 4) is 6.07 Å². The van der Waals surface area contributed by atoms with Crippen molar-refractivity contribution in [3.63, 3.8) is 0 Å². The predicted molar refractivity (Wildman–Crippen MR) is 61.2 cm³/mol. The maximum absolute atomic E-state index is 9.66. The Labute approximate surface area is 94.9 Å². The zero-order valence-electron chi connectivity index (χ0n) is 9.06. The third-order valence-electron chi connectivity index (χ3n) is 3.96. The van der Waals surface area contributed by atoms with Crippen LogP contribution in [0.15, 0.2) is 24.3 Å². The maximum Gasteiger partial charge on any atom is 0.127 e. The fraction of sp³-hybridized carbons (Fsp3) is 0.462. The summed E-state index contributed by atoms with van der Waals surface area (Å²) in [5.74, 6) is 0. The van der Waals surface area contributed by atoms with Gasteiger partial charge in [0.2, 0.25) is 0 Å². The molecule has 0 amide bonds. The Bertz CT molecular complexity index is 465. The number of para-hydroxylation sites is 1. The summed E-state index contributed by atoms with van der Waals surface area (Å²) in [4.78, 5) is 2.29. The highest BCUT2D eigenvalue weighted by Gasteiger charge is 2.52. The van der Waals surface area contributed by atoms with Crippen molar-refractivity contribution in [3.05, 3.63) is 29.8 Å². The molecule has 0 saturated carbocycles. The zero-order valence-corrected chi connectivity index (χ0v) is 9.06. The maximum atomic E-state index is 9.66. The van der Waals surface area contributed by atoms with E-state index in [1.54, 1.807) is 0 Å². The lowest BCUT2D eigenvalue weighted by atomic mass is 9.78. The third-order valence-corrected chi connectivity index (χ3v) is 3.96. The summed E-state index contributed by atoms with van der Waals surface area (Å²) in [5.41, 5.74) is 1.44. The first kappa shape index (κ1) is 9.68. The number of hydrogen-bond donors (Lipinski definition) is 1. The molecule has 2 heterocycles. The molecule has 1 N–H and O–H groups in total. The smallest absolute Gasteiger partial charge is 0.127 e. The molecule has 1 aromatic carbocycles. The fourth-order valence-corrected chi connectivity index (χ4v) is 3.21. The van der Waals surface area contributed by atoms with Gasteiger partial charge in [-0.2, -0.15) is 5.26 Å². The number of anilines is 1. The lowest BCUT2D eigenvalue weighted by Gasteiger charge is -2.27. The summed E-state index contributed by atoms with van der Waals surface area (Å²) in [7, 11) is 0. The largest absolute Gasteiger partial charge is 0.394 e. The number of nitriles is 1. The van der Waals surface area contributed by atoms with Crippen LogP contribution in [0.2, 0.25) is 0 Å². The molecule has 16 heavy (non-hydrogen) atoms. The van der Waals surface area contributed by atoms with Gasteiger partial charge < -0.3 is 10.0 Å². The van der Waals surface area contributed by atoms with E-state index in [0.717, 1.165) is 30.6 Å². The minimum Gasteiger partial charge on any atom is -0.394 e. The molecule has 0 aliphatic carbocycles. The molecule has 0 unspecified atom stereocenters. The van der Waals surface area contributed by atoms with Gasteiger partial charge in [0.25, 0.3) is 0 Å². The lowest BCUT2D eigenvalue weighted by molar-refractivity contribution is 0.215. The summed E-state index contributed by atoms with van der Waals surface area (Å²) in [6.45, 7) is 0.923. The van der Waals surface area contributed by atoms with E-state index >= 15 is 0 Å². The summed E-state index contributed by atoms with van der Waals surface area (Å²) >= 11 is 0. The number of hydrogen-bond acceptors (Lipinski definition) is 3. The van der Waals surface area contributed by atoms with E-state index < -0.39 is 5.41 Å². The van der Waals surface area contributed by atoms with E-state index in [0.29, 0.717) is 0 Å². The number of nitrogens with zero attached hydrogens (tertiary/aromatic N) is 2. The van der Waals surface area contributed by atoms with Crippen molar-refractivity contribution < 1.29 is 5.11 Å². The summed E-state index contributed by atoms with van der Waals surface area (Å²) in [6.07, 6.45) is 2.12. The van der Waals surface area contributed by atoms with Crippen molar-refractivity contribution in [2.75, 3.05) is 18.1 Å². The molecule has 3 heteroatoms. The second-order valence-corrected chi connectivity index (χ2v) is 4.61. The SMILES string of the molecule is N#C[C@]1(CO)c2ccccc2N2CCC[C@@H]21. The highest BCUT2D eigenvalue weighted by atomic mass is 16.3. The van der Waals surface area contributed by atoms with Crippen LogP contribution in [0, 0.1) is 11.3 Å². The van der Waals surface area contributed by atoms with Gasteiger partial charge in [0.15, 0.2) is 0 Å². The van der Waals surface area contributed by atoms with Crippen LogP contribution in [0.4, 0.5) is 5.69 Å². The third kappa shape index (κ3) is 0.954. The zero-order chi connectivity index (χ0) is 11.2. The molecule has 1 fully saturated rings. The molecule has 3 nitrogen and oxygen atoms in total. The van der Waals surface area contributed by atoms with Gasteiger partial charge in [-0.05, 0) is 18.9 Å². The standard InChI is InChI=1S/C13H14N2O/c14-8-13(9-16)10-4-1-2-5-11(10)15-7-3-6-12(13)15/h1-2,4-5,12,16H,3,6-7,9H2/t12-,13+/m1/s1. The molecule has 82 valence electrons. The summed E-state index contributed by atoms with van der Waals surface area (Å²) in [5, 5.41) is 19.1. The number of aliphatic hydroxyl groups excluding tert-OH is 1. The van der Waals surface area contributed by atoms with Crippen LogP contribution in [0.25, 0.3) is 0 Å². The van der Waals surface area contributed by atoms with Gasteiger partial charge in [-0.3, -0.25) is 0 Å². The van der Waals surface area contributed by atoms with Gasteiger partial charge >= 0.3 is 0 Å². The van der Waals surface area contributed by atoms with Crippen molar-refractivity contribution in [2.24, 2.45) is 0 Å². The van der Waals surface area contributed by atoms with E-state index in [4.69, 9.17) is 0 Å². The van der Waals surface area contributed by atoms with Crippen molar-refractivity contribution in [1.29, 1.82) is 5.26 Å². The molecule has 1 saturated heterocycles. The Morgan fingerprint density at radius 1 is 1.50 bits per heavy atom. The van der Waals surface area contributed by atoms with Gasteiger partial charge in [-0.25, -0.2) is 0 Å². The van der Waals surface area contributed by atoms with Crippen molar-refractivity contribution in [2.45, 2.75) is 24.3 Å². The molecular weight excluding hydrogens is 200 g/mol. The number of fused-ring (bicyclic) bond motifs is 3.